The lowest BCUT2D eigenvalue weighted by Gasteiger charge is -2.36. The van der Waals surface area contributed by atoms with E-state index in [2.05, 4.69) is 20.8 Å². The second-order valence-corrected chi connectivity index (χ2v) is 8.88. The molecular formula is C24H28N6O3. The number of likely N-dealkylation sites (tertiary alicyclic amines) is 1. The molecular weight excluding hydrogens is 420 g/mol. The van der Waals surface area contributed by atoms with Crippen LogP contribution in [0, 0.1) is 6.92 Å². The van der Waals surface area contributed by atoms with Gasteiger partial charge in [0.15, 0.2) is 5.69 Å². The topological polar surface area (TPSA) is 106 Å². The van der Waals surface area contributed by atoms with E-state index in [9.17, 15) is 9.59 Å². The van der Waals surface area contributed by atoms with Crippen molar-refractivity contribution in [2.45, 2.75) is 64.1 Å². The Bertz CT molecular complexity index is 1130. The smallest absolute Gasteiger partial charge is 0.273 e. The average molecular weight is 449 g/mol. The van der Waals surface area contributed by atoms with Gasteiger partial charge < -0.3 is 14.7 Å². The predicted molar refractivity (Wildman–Crippen MR) is 120 cm³/mol. The largest absolute Gasteiger partial charge is 0.360 e. The fraction of sp³-hybridized carbons (Fsp3) is 0.458. The maximum absolute atomic E-state index is 13.6. The van der Waals surface area contributed by atoms with E-state index in [1.54, 1.807) is 17.8 Å². The van der Waals surface area contributed by atoms with Crippen molar-refractivity contribution < 1.29 is 14.1 Å². The number of hydrogen-bond acceptors (Lipinski definition) is 6. The molecule has 1 N–H and O–H groups in total. The first kappa shape index (κ1) is 21.4. The summed E-state index contributed by atoms with van der Waals surface area (Å²) >= 11 is 0. The number of nitrogens with one attached hydrogen (secondary N) is 1. The van der Waals surface area contributed by atoms with Gasteiger partial charge in [0, 0.05) is 30.7 Å². The van der Waals surface area contributed by atoms with E-state index in [1.807, 2.05) is 35.2 Å². The molecule has 2 amide bonds. The zero-order chi connectivity index (χ0) is 22.8. The van der Waals surface area contributed by atoms with Crippen LogP contribution in [0.15, 0.2) is 41.1 Å². The molecule has 1 saturated heterocycles. The molecule has 33 heavy (non-hydrogen) atoms. The van der Waals surface area contributed by atoms with E-state index in [4.69, 9.17) is 4.52 Å². The van der Waals surface area contributed by atoms with Crippen LogP contribution in [0.25, 0.3) is 11.3 Å². The van der Waals surface area contributed by atoms with Gasteiger partial charge in [0.05, 0.1) is 6.20 Å². The van der Waals surface area contributed by atoms with Gasteiger partial charge in [0.2, 0.25) is 0 Å². The lowest BCUT2D eigenvalue weighted by Crippen LogP contribution is -2.44. The molecule has 0 bridgehead atoms. The Morgan fingerprint density at radius 2 is 1.97 bits per heavy atom. The summed E-state index contributed by atoms with van der Waals surface area (Å²) in [6, 6.07) is 10.0. The molecule has 3 aromatic rings. The highest BCUT2D eigenvalue weighted by Gasteiger charge is 2.32. The summed E-state index contributed by atoms with van der Waals surface area (Å²) in [6.45, 7) is 3.08. The molecule has 1 saturated carbocycles. The Balaban J connectivity index is 1.29. The van der Waals surface area contributed by atoms with Crippen molar-refractivity contribution in [3.05, 3.63) is 53.5 Å². The highest BCUT2D eigenvalue weighted by atomic mass is 16.5. The molecule has 172 valence electrons. The van der Waals surface area contributed by atoms with Gasteiger partial charge in [-0.2, -0.15) is 0 Å². The van der Waals surface area contributed by atoms with Crippen molar-refractivity contribution in [3.8, 4) is 11.3 Å². The van der Waals surface area contributed by atoms with Crippen molar-refractivity contribution in [1.29, 1.82) is 0 Å². The van der Waals surface area contributed by atoms with Gasteiger partial charge in [-0.15, -0.1) is 5.10 Å². The first-order valence-corrected chi connectivity index (χ1v) is 11.6. The van der Waals surface area contributed by atoms with Crippen LogP contribution in [0.2, 0.25) is 0 Å². The quantitative estimate of drug-likeness (QED) is 0.595. The molecule has 0 radical (unpaired) electrons. The maximum atomic E-state index is 13.6. The highest BCUT2D eigenvalue weighted by molar-refractivity contribution is 6.01. The van der Waals surface area contributed by atoms with Crippen molar-refractivity contribution >= 4 is 11.8 Å². The maximum Gasteiger partial charge on any atom is 0.273 e. The number of carbonyl (C=O) groups is 2. The summed E-state index contributed by atoms with van der Waals surface area (Å²) in [6.07, 6.45) is 7.47. The van der Waals surface area contributed by atoms with Gasteiger partial charge in [0.25, 0.3) is 11.8 Å². The molecule has 1 aromatic carbocycles. The second kappa shape index (κ2) is 9.17. The highest BCUT2D eigenvalue weighted by Crippen LogP contribution is 2.29. The average Bonchev–Trinajstić information content (AvgIpc) is 3.37. The normalized spacial score (nSPS) is 18.3. The first-order chi connectivity index (χ1) is 16.1. The van der Waals surface area contributed by atoms with E-state index in [0.29, 0.717) is 35.8 Å². The molecule has 2 fully saturated rings. The standard InChI is InChI=1S/C24H28N6O3/c1-16-21(22(27-33-16)17-7-3-2-4-8-17)24(32)30-13-6-5-9-19(30)12-14-29-15-20(26-28-29)23(31)25-18-10-11-18/h2-4,7-8,15,18-19H,5-6,9-14H2,1H3,(H,25,31)/t19-/m0/s1. The van der Waals surface area contributed by atoms with Crippen LogP contribution in [0.4, 0.5) is 0 Å². The molecule has 9 nitrogen and oxygen atoms in total. The number of nitrogens with zero attached hydrogens (tertiary/aromatic N) is 5. The minimum atomic E-state index is -0.172. The third kappa shape index (κ3) is 4.67. The molecule has 5 rings (SSSR count). The van der Waals surface area contributed by atoms with E-state index in [-0.39, 0.29) is 23.9 Å². The van der Waals surface area contributed by atoms with Gasteiger partial charge in [-0.25, -0.2) is 0 Å². The minimum Gasteiger partial charge on any atom is -0.360 e. The zero-order valence-corrected chi connectivity index (χ0v) is 18.7. The number of benzene rings is 1. The third-order valence-corrected chi connectivity index (χ3v) is 6.39. The Hall–Kier alpha value is -3.49. The van der Waals surface area contributed by atoms with Crippen LogP contribution >= 0.6 is 0 Å². The number of aromatic nitrogens is 4. The molecule has 2 aliphatic rings. The van der Waals surface area contributed by atoms with Crippen molar-refractivity contribution in [2.75, 3.05) is 6.54 Å². The Morgan fingerprint density at radius 1 is 1.15 bits per heavy atom. The summed E-state index contributed by atoms with van der Waals surface area (Å²) in [4.78, 5) is 27.8. The second-order valence-electron chi connectivity index (χ2n) is 8.88. The molecule has 1 aliphatic heterocycles. The van der Waals surface area contributed by atoms with Crippen molar-refractivity contribution in [1.82, 2.24) is 30.4 Å². The van der Waals surface area contributed by atoms with Crippen LogP contribution in [0.3, 0.4) is 0 Å². The van der Waals surface area contributed by atoms with Gasteiger partial charge >= 0.3 is 0 Å². The molecule has 0 spiro atoms. The number of carbonyl (C=O) groups excluding carboxylic acids is 2. The van der Waals surface area contributed by atoms with Crippen LogP contribution < -0.4 is 5.32 Å². The van der Waals surface area contributed by atoms with Crippen LogP contribution in [-0.4, -0.2) is 55.5 Å². The summed E-state index contributed by atoms with van der Waals surface area (Å²) in [5.74, 6) is 0.320. The lowest BCUT2D eigenvalue weighted by atomic mass is 9.97. The van der Waals surface area contributed by atoms with Crippen molar-refractivity contribution in [2.24, 2.45) is 0 Å². The van der Waals surface area contributed by atoms with Gasteiger partial charge in [-0.3, -0.25) is 14.3 Å². The minimum absolute atomic E-state index is 0.0413. The fourth-order valence-corrected chi connectivity index (χ4v) is 4.41. The van der Waals surface area contributed by atoms with Crippen molar-refractivity contribution in [3.63, 3.8) is 0 Å². The molecule has 3 heterocycles. The summed E-state index contributed by atoms with van der Waals surface area (Å²) in [5, 5.41) is 15.2. The summed E-state index contributed by atoms with van der Waals surface area (Å²) in [7, 11) is 0. The van der Waals surface area contributed by atoms with Crippen LogP contribution in [-0.2, 0) is 6.54 Å². The molecule has 0 unspecified atom stereocenters. The Morgan fingerprint density at radius 3 is 2.76 bits per heavy atom. The lowest BCUT2D eigenvalue weighted by molar-refractivity contribution is 0.0592. The number of aryl methyl sites for hydroxylation is 2. The zero-order valence-electron chi connectivity index (χ0n) is 18.7. The van der Waals surface area contributed by atoms with E-state index >= 15 is 0 Å². The Kier molecular flexibility index (Phi) is 5.93. The van der Waals surface area contributed by atoms with E-state index in [1.165, 1.54) is 0 Å². The van der Waals surface area contributed by atoms with Crippen LogP contribution in [0.1, 0.15) is 65.1 Å². The summed E-state index contributed by atoms with van der Waals surface area (Å²) in [5.41, 5.74) is 2.33. The Labute approximate surface area is 192 Å². The SMILES string of the molecule is Cc1onc(-c2ccccc2)c1C(=O)N1CCCC[C@H]1CCn1cc(C(=O)NC2CC2)nn1. The summed E-state index contributed by atoms with van der Waals surface area (Å²) < 4.78 is 7.12. The number of rotatable bonds is 7. The van der Waals surface area contributed by atoms with E-state index in [0.717, 1.165) is 44.1 Å². The van der Waals surface area contributed by atoms with Gasteiger partial charge in [0.1, 0.15) is 17.0 Å². The molecule has 9 heteroatoms. The fourth-order valence-electron chi connectivity index (χ4n) is 4.41. The monoisotopic (exact) mass is 448 g/mol. The van der Waals surface area contributed by atoms with E-state index < -0.39 is 0 Å². The number of amides is 2. The molecule has 1 atom stereocenters. The molecule has 2 aromatic heterocycles. The van der Waals surface area contributed by atoms with Gasteiger partial charge in [-0.05, 0) is 45.4 Å². The first-order valence-electron chi connectivity index (χ1n) is 11.6. The third-order valence-electron chi connectivity index (χ3n) is 6.39. The van der Waals surface area contributed by atoms with Crippen LogP contribution in [0.5, 0.6) is 0 Å². The number of hydrogen-bond donors (Lipinski definition) is 1. The van der Waals surface area contributed by atoms with Gasteiger partial charge in [-0.1, -0.05) is 40.7 Å². The predicted octanol–water partition coefficient (Wildman–Crippen LogP) is 3.22. The molecule has 1 aliphatic carbocycles. The number of piperidine rings is 1.